The van der Waals surface area contributed by atoms with Crippen molar-refractivity contribution in [3.63, 3.8) is 0 Å². The fourth-order valence-corrected chi connectivity index (χ4v) is 1.90. The van der Waals surface area contributed by atoms with Gasteiger partial charge in [-0.15, -0.1) is 0 Å². The van der Waals surface area contributed by atoms with E-state index < -0.39 is 0 Å². The molecule has 3 nitrogen and oxygen atoms in total. The molecule has 1 aromatic heterocycles. The minimum absolute atomic E-state index is 0.346. The Bertz CT molecular complexity index is 448. The Kier molecular flexibility index (Phi) is 3.94. The molecule has 1 aromatic carbocycles. The van der Waals surface area contributed by atoms with Gasteiger partial charge in [0, 0.05) is 25.0 Å². The highest BCUT2D eigenvalue weighted by Gasteiger charge is 2.06. The molecule has 0 aliphatic carbocycles. The van der Waals surface area contributed by atoms with E-state index in [2.05, 4.69) is 53.0 Å². The predicted molar refractivity (Wildman–Crippen MR) is 69.6 cm³/mol. The Hall–Kier alpha value is -1.61. The van der Waals surface area contributed by atoms with Crippen LogP contribution in [0.15, 0.2) is 42.7 Å². The van der Waals surface area contributed by atoms with Gasteiger partial charge in [0.05, 0.1) is 6.54 Å². The van der Waals surface area contributed by atoms with Crippen LogP contribution < -0.4 is 5.32 Å². The van der Waals surface area contributed by atoms with E-state index in [4.69, 9.17) is 0 Å². The molecule has 17 heavy (non-hydrogen) atoms. The lowest BCUT2D eigenvalue weighted by molar-refractivity contribution is 0.540. The van der Waals surface area contributed by atoms with Gasteiger partial charge in [-0.2, -0.15) is 0 Å². The highest BCUT2D eigenvalue weighted by molar-refractivity contribution is 5.18. The number of imidazole rings is 1. The van der Waals surface area contributed by atoms with E-state index in [0.717, 1.165) is 18.9 Å². The molecular formula is C14H19N3. The van der Waals surface area contributed by atoms with Gasteiger partial charge in [-0.05, 0) is 19.4 Å². The first-order valence-electron chi connectivity index (χ1n) is 6.09. The smallest absolute Gasteiger partial charge is 0.122 e. The molecule has 90 valence electrons. The summed E-state index contributed by atoms with van der Waals surface area (Å²) in [5, 5.41) is 3.49. The molecule has 0 bridgehead atoms. The molecular weight excluding hydrogens is 210 g/mol. The van der Waals surface area contributed by atoms with E-state index in [-0.39, 0.29) is 0 Å². The summed E-state index contributed by atoms with van der Waals surface area (Å²) in [5.74, 6) is 1.09. The molecule has 0 spiro atoms. The summed E-state index contributed by atoms with van der Waals surface area (Å²) in [6.07, 6.45) is 3.87. The van der Waals surface area contributed by atoms with Crippen molar-refractivity contribution in [2.24, 2.45) is 0 Å². The quantitative estimate of drug-likeness (QED) is 0.854. The van der Waals surface area contributed by atoms with E-state index in [1.165, 1.54) is 5.56 Å². The second-order valence-electron chi connectivity index (χ2n) is 4.14. The summed E-state index contributed by atoms with van der Waals surface area (Å²) in [6.45, 7) is 6.08. The lowest BCUT2D eigenvalue weighted by Crippen LogP contribution is -2.20. The average molecular weight is 229 g/mol. The second-order valence-corrected chi connectivity index (χ2v) is 4.14. The maximum absolute atomic E-state index is 4.35. The zero-order valence-electron chi connectivity index (χ0n) is 10.4. The summed E-state index contributed by atoms with van der Waals surface area (Å²) in [4.78, 5) is 4.35. The molecule has 0 fully saturated rings. The van der Waals surface area contributed by atoms with Gasteiger partial charge in [0.15, 0.2) is 0 Å². The van der Waals surface area contributed by atoms with Crippen molar-refractivity contribution in [3.8, 4) is 0 Å². The van der Waals surface area contributed by atoms with Crippen LogP contribution in [0.3, 0.4) is 0 Å². The highest BCUT2D eigenvalue weighted by atomic mass is 15.1. The van der Waals surface area contributed by atoms with Crippen LogP contribution in [-0.4, -0.2) is 9.55 Å². The van der Waals surface area contributed by atoms with Crippen molar-refractivity contribution in [3.05, 3.63) is 54.1 Å². The van der Waals surface area contributed by atoms with Gasteiger partial charge in [0.2, 0.25) is 0 Å². The minimum Gasteiger partial charge on any atom is -0.334 e. The Morgan fingerprint density at radius 1 is 1.29 bits per heavy atom. The molecule has 2 aromatic rings. The topological polar surface area (TPSA) is 29.9 Å². The SMILES string of the molecule is CCn1ccnc1CNC(C)c1ccccc1. The van der Waals surface area contributed by atoms with E-state index in [0.29, 0.717) is 6.04 Å². The molecule has 2 rings (SSSR count). The fraction of sp³-hybridized carbons (Fsp3) is 0.357. The number of hydrogen-bond donors (Lipinski definition) is 1. The summed E-state index contributed by atoms with van der Waals surface area (Å²) < 4.78 is 2.16. The van der Waals surface area contributed by atoms with Gasteiger partial charge in [-0.1, -0.05) is 30.3 Å². The average Bonchev–Trinajstić information content (AvgIpc) is 2.84. The van der Waals surface area contributed by atoms with Crippen LogP contribution >= 0.6 is 0 Å². The van der Waals surface area contributed by atoms with Crippen LogP contribution in [-0.2, 0) is 13.1 Å². The van der Waals surface area contributed by atoms with Gasteiger partial charge in [0.1, 0.15) is 5.82 Å². The van der Waals surface area contributed by atoms with E-state index in [9.17, 15) is 0 Å². The molecule has 0 aliphatic rings. The summed E-state index contributed by atoms with van der Waals surface area (Å²) in [7, 11) is 0. The molecule has 0 amide bonds. The van der Waals surface area contributed by atoms with Gasteiger partial charge < -0.3 is 9.88 Å². The molecule has 3 heteroatoms. The molecule has 1 heterocycles. The maximum Gasteiger partial charge on any atom is 0.122 e. The van der Waals surface area contributed by atoms with E-state index in [1.807, 2.05) is 18.5 Å². The fourth-order valence-electron chi connectivity index (χ4n) is 1.90. The van der Waals surface area contributed by atoms with Crippen LogP contribution in [0.25, 0.3) is 0 Å². The molecule has 0 saturated heterocycles. The summed E-state index contributed by atoms with van der Waals surface area (Å²) >= 11 is 0. The Morgan fingerprint density at radius 3 is 2.76 bits per heavy atom. The van der Waals surface area contributed by atoms with Gasteiger partial charge in [-0.25, -0.2) is 4.98 Å². The third-order valence-corrected chi connectivity index (χ3v) is 3.01. The largest absolute Gasteiger partial charge is 0.334 e. The normalized spacial score (nSPS) is 12.6. The number of hydrogen-bond acceptors (Lipinski definition) is 2. The monoisotopic (exact) mass is 229 g/mol. The first kappa shape index (κ1) is 11.9. The molecule has 1 N–H and O–H groups in total. The Morgan fingerprint density at radius 2 is 2.06 bits per heavy atom. The van der Waals surface area contributed by atoms with Gasteiger partial charge >= 0.3 is 0 Å². The van der Waals surface area contributed by atoms with Crippen LogP contribution in [0.2, 0.25) is 0 Å². The minimum atomic E-state index is 0.346. The number of rotatable bonds is 5. The summed E-state index contributed by atoms with van der Waals surface area (Å²) in [5.41, 5.74) is 1.31. The third kappa shape index (κ3) is 2.94. The van der Waals surface area contributed by atoms with Crippen LogP contribution in [0, 0.1) is 0 Å². The van der Waals surface area contributed by atoms with E-state index in [1.54, 1.807) is 0 Å². The lowest BCUT2D eigenvalue weighted by Gasteiger charge is -2.14. The summed E-state index contributed by atoms with van der Waals surface area (Å²) in [6, 6.07) is 10.8. The van der Waals surface area contributed by atoms with Crippen molar-refractivity contribution in [1.29, 1.82) is 0 Å². The number of nitrogens with one attached hydrogen (secondary N) is 1. The first-order valence-corrected chi connectivity index (χ1v) is 6.09. The van der Waals surface area contributed by atoms with Crippen LogP contribution in [0.1, 0.15) is 31.3 Å². The van der Waals surface area contributed by atoms with Crippen molar-refractivity contribution in [2.45, 2.75) is 33.0 Å². The Balaban J connectivity index is 1.95. The highest BCUT2D eigenvalue weighted by Crippen LogP contribution is 2.11. The van der Waals surface area contributed by atoms with Crippen LogP contribution in [0.5, 0.6) is 0 Å². The van der Waals surface area contributed by atoms with Gasteiger partial charge in [-0.3, -0.25) is 0 Å². The first-order chi connectivity index (χ1) is 8.31. The molecule has 0 saturated carbocycles. The molecule has 1 unspecified atom stereocenters. The lowest BCUT2D eigenvalue weighted by atomic mass is 10.1. The van der Waals surface area contributed by atoms with Crippen LogP contribution in [0.4, 0.5) is 0 Å². The molecule has 0 aliphatic heterocycles. The Labute approximate surface area is 103 Å². The van der Waals surface area contributed by atoms with Crippen molar-refractivity contribution in [1.82, 2.24) is 14.9 Å². The number of nitrogens with zero attached hydrogens (tertiary/aromatic N) is 2. The maximum atomic E-state index is 4.35. The predicted octanol–water partition coefficient (Wildman–Crippen LogP) is 2.75. The molecule has 1 atom stereocenters. The zero-order valence-corrected chi connectivity index (χ0v) is 10.4. The third-order valence-electron chi connectivity index (χ3n) is 3.01. The van der Waals surface area contributed by atoms with Gasteiger partial charge in [0.25, 0.3) is 0 Å². The van der Waals surface area contributed by atoms with E-state index >= 15 is 0 Å². The van der Waals surface area contributed by atoms with Crippen molar-refractivity contribution in [2.75, 3.05) is 0 Å². The number of benzene rings is 1. The number of aryl methyl sites for hydroxylation is 1. The molecule has 0 radical (unpaired) electrons. The number of aromatic nitrogens is 2. The standard InChI is InChI=1S/C14H19N3/c1-3-17-10-9-15-14(17)11-16-12(2)13-7-5-4-6-8-13/h4-10,12,16H,3,11H2,1-2H3. The van der Waals surface area contributed by atoms with Crippen molar-refractivity contribution >= 4 is 0 Å². The second kappa shape index (κ2) is 5.64. The zero-order chi connectivity index (χ0) is 12.1. The van der Waals surface area contributed by atoms with Crippen molar-refractivity contribution < 1.29 is 0 Å².